The molecular formula is C13H20BrN5. The van der Waals surface area contributed by atoms with E-state index in [4.69, 9.17) is 5.26 Å². The lowest BCUT2D eigenvalue weighted by Crippen LogP contribution is -2.29. The van der Waals surface area contributed by atoms with E-state index in [1.54, 1.807) is 6.20 Å². The molecule has 19 heavy (non-hydrogen) atoms. The Balaban J connectivity index is 2.92. The number of hydrogen-bond acceptors (Lipinski definition) is 5. The molecule has 0 aliphatic carbocycles. The van der Waals surface area contributed by atoms with Crippen molar-refractivity contribution in [2.24, 2.45) is 5.92 Å². The highest BCUT2D eigenvalue weighted by Crippen LogP contribution is 2.24. The molecule has 1 atom stereocenters. The minimum absolute atomic E-state index is 0.0335. The van der Waals surface area contributed by atoms with Crippen molar-refractivity contribution in [1.82, 2.24) is 9.97 Å². The van der Waals surface area contributed by atoms with E-state index in [0.717, 1.165) is 29.8 Å². The second kappa shape index (κ2) is 7.95. The molecule has 0 fully saturated rings. The van der Waals surface area contributed by atoms with Crippen LogP contribution in [0.1, 0.15) is 27.2 Å². The third-order valence-corrected chi connectivity index (χ3v) is 3.21. The number of nitrogens with one attached hydrogen (secondary N) is 1. The SMILES string of the molecule is CCCNc1ncc(Br)c(N(CC)CC(C)C#N)n1. The summed E-state index contributed by atoms with van der Waals surface area (Å²) in [4.78, 5) is 10.8. The zero-order valence-corrected chi connectivity index (χ0v) is 13.2. The van der Waals surface area contributed by atoms with Crippen molar-refractivity contribution in [3.63, 3.8) is 0 Å². The summed E-state index contributed by atoms with van der Waals surface area (Å²) in [6.07, 6.45) is 2.78. The number of halogens is 1. The predicted octanol–water partition coefficient (Wildman–Crippen LogP) is 3.05. The molecule has 0 bridgehead atoms. The van der Waals surface area contributed by atoms with Crippen molar-refractivity contribution in [1.29, 1.82) is 5.26 Å². The molecule has 0 saturated carbocycles. The van der Waals surface area contributed by atoms with Crippen LogP contribution in [0.2, 0.25) is 0 Å². The van der Waals surface area contributed by atoms with Gasteiger partial charge in [0.15, 0.2) is 0 Å². The monoisotopic (exact) mass is 325 g/mol. The van der Waals surface area contributed by atoms with E-state index in [2.05, 4.69) is 56.0 Å². The summed E-state index contributed by atoms with van der Waals surface area (Å²) < 4.78 is 0.849. The maximum Gasteiger partial charge on any atom is 0.224 e. The number of rotatable bonds is 7. The van der Waals surface area contributed by atoms with Crippen LogP contribution in [-0.2, 0) is 0 Å². The molecule has 1 aromatic heterocycles. The molecule has 1 rings (SSSR count). The number of aromatic nitrogens is 2. The quantitative estimate of drug-likeness (QED) is 0.834. The predicted molar refractivity (Wildman–Crippen MR) is 81.2 cm³/mol. The van der Waals surface area contributed by atoms with E-state index >= 15 is 0 Å². The fourth-order valence-corrected chi connectivity index (χ4v) is 2.08. The molecular weight excluding hydrogens is 306 g/mol. The van der Waals surface area contributed by atoms with E-state index in [-0.39, 0.29) is 5.92 Å². The van der Waals surface area contributed by atoms with Crippen molar-refractivity contribution < 1.29 is 0 Å². The van der Waals surface area contributed by atoms with Gasteiger partial charge in [-0.3, -0.25) is 0 Å². The normalized spacial score (nSPS) is 11.7. The number of nitrogens with zero attached hydrogens (tertiary/aromatic N) is 4. The number of anilines is 2. The number of hydrogen-bond donors (Lipinski definition) is 1. The van der Waals surface area contributed by atoms with Gasteiger partial charge in [0.2, 0.25) is 5.95 Å². The lowest BCUT2D eigenvalue weighted by molar-refractivity contribution is 0.677. The van der Waals surface area contributed by atoms with Gasteiger partial charge in [0.25, 0.3) is 0 Å². The molecule has 0 amide bonds. The summed E-state index contributed by atoms with van der Waals surface area (Å²) >= 11 is 3.47. The fourth-order valence-electron chi connectivity index (χ4n) is 1.64. The molecule has 1 N–H and O–H groups in total. The van der Waals surface area contributed by atoms with Gasteiger partial charge in [-0.05, 0) is 36.2 Å². The second-order valence-corrected chi connectivity index (χ2v) is 5.22. The van der Waals surface area contributed by atoms with Gasteiger partial charge in [0, 0.05) is 25.8 Å². The first-order chi connectivity index (χ1) is 9.12. The van der Waals surface area contributed by atoms with Crippen LogP contribution in [0.15, 0.2) is 10.7 Å². The molecule has 104 valence electrons. The Morgan fingerprint density at radius 2 is 2.26 bits per heavy atom. The third kappa shape index (κ3) is 4.67. The van der Waals surface area contributed by atoms with Crippen molar-refractivity contribution in [3.05, 3.63) is 10.7 Å². The van der Waals surface area contributed by atoms with Gasteiger partial charge in [-0.2, -0.15) is 10.2 Å². The first-order valence-electron chi connectivity index (χ1n) is 6.53. The Kier molecular flexibility index (Phi) is 6.57. The molecule has 0 aromatic carbocycles. The van der Waals surface area contributed by atoms with Crippen molar-refractivity contribution in [2.75, 3.05) is 29.9 Å². The summed E-state index contributed by atoms with van der Waals surface area (Å²) in [7, 11) is 0. The van der Waals surface area contributed by atoms with E-state index in [0.29, 0.717) is 12.5 Å². The van der Waals surface area contributed by atoms with E-state index in [9.17, 15) is 0 Å². The van der Waals surface area contributed by atoms with E-state index < -0.39 is 0 Å². The Hall–Kier alpha value is -1.35. The first kappa shape index (κ1) is 15.7. The lowest BCUT2D eigenvalue weighted by atomic mass is 10.2. The molecule has 5 nitrogen and oxygen atoms in total. The van der Waals surface area contributed by atoms with Crippen LogP contribution in [0.4, 0.5) is 11.8 Å². The highest BCUT2D eigenvalue weighted by Gasteiger charge is 2.14. The van der Waals surface area contributed by atoms with Crippen LogP contribution >= 0.6 is 15.9 Å². The molecule has 1 heterocycles. The van der Waals surface area contributed by atoms with Crippen molar-refractivity contribution in [3.8, 4) is 6.07 Å². The van der Waals surface area contributed by atoms with Gasteiger partial charge < -0.3 is 10.2 Å². The van der Waals surface area contributed by atoms with Gasteiger partial charge in [-0.1, -0.05) is 6.92 Å². The van der Waals surface area contributed by atoms with Crippen molar-refractivity contribution in [2.45, 2.75) is 27.2 Å². The summed E-state index contributed by atoms with van der Waals surface area (Å²) in [5, 5.41) is 12.1. The highest BCUT2D eigenvalue weighted by molar-refractivity contribution is 9.10. The summed E-state index contributed by atoms with van der Waals surface area (Å²) in [6, 6.07) is 2.25. The van der Waals surface area contributed by atoms with E-state index in [1.807, 2.05) is 6.92 Å². The van der Waals surface area contributed by atoms with Crippen LogP contribution in [0.5, 0.6) is 0 Å². The Morgan fingerprint density at radius 3 is 2.84 bits per heavy atom. The lowest BCUT2D eigenvalue weighted by Gasteiger charge is -2.24. The van der Waals surface area contributed by atoms with Crippen molar-refractivity contribution >= 4 is 27.7 Å². The average Bonchev–Trinajstić information content (AvgIpc) is 2.43. The molecule has 1 aromatic rings. The van der Waals surface area contributed by atoms with Crippen LogP contribution in [0.3, 0.4) is 0 Å². The standard InChI is InChI=1S/C13H20BrN5/c1-4-6-16-13-17-8-11(14)12(18-13)19(5-2)9-10(3)7-15/h8,10H,4-6,9H2,1-3H3,(H,16,17,18). The topological polar surface area (TPSA) is 64.8 Å². The summed E-state index contributed by atoms with van der Waals surface area (Å²) in [5.74, 6) is 1.43. The zero-order valence-electron chi connectivity index (χ0n) is 11.6. The van der Waals surface area contributed by atoms with Gasteiger partial charge >= 0.3 is 0 Å². The summed E-state index contributed by atoms with van der Waals surface area (Å²) in [6.45, 7) is 8.37. The molecule has 0 aliphatic heterocycles. The summed E-state index contributed by atoms with van der Waals surface area (Å²) in [5.41, 5.74) is 0. The Bertz CT molecular complexity index is 443. The first-order valence-corrected chi connectivity index (χ1v) is 7.32. The molecule has 6 heteroatoms. The molecule has 1 unspecified atom stereocenters. The second-order valence-electron chi connectivity index (χ2n) is 4.36. The van der Waals surface area contributed by atoms with Gasteiger partial charge in [0.05, 0.1) is 16.5 Å². The van der Waals surface area contributed by atoms with Crippen LogP contribution < -0.4 is 10.2 Å². The largest absolute Gasteiger partial charge is 0.354 e. The molecule has 0 aliphatic rings. The number of nitriles is 1. The van der Waals surface area contributed by atoms with Gasteiger partial charge in [-0.25, -0.2) is 4.98 Å². The minimum Gasteiger partial charge on any atom is -0.354 e. The van der Waals surface area contributed by atoms with Crippen LogP contribution in [-0.4, -0.2) is 29.6 Å². The van der Waals surface area contributed by atoms with Gasteiger partial charge in [0.1, 0.15) is 5.82 Å². The molecule has 0 saturated heterocycles. The van der Waals surface area contributed by atoms with Gasteiger partial charge in [-0.15, -0.1) is 0 Å². The zero-order chi connectivity index (χ0) is 14.3. The molecule has 0 spiro atoms. The smallest absolute Gasteiger partial charge is 0.224 e. The third-order valence-electron chi connectivity index (χ3n) is 2.65. The van der Waals surface area contributed by atoms with Crippen LogP contribution in [0, 0.1) is 17.2 Å². The van der Waals surface area contributed by atoms with Crippen LogP contribution in [0.25, 0.3) is 0 Å². The minimum atomic E-state index is -0.0335. The average molecular weight is 326 g/mol. The highest BCUT2D eigenvalue weighted by atomic mass is 79.9. The fraction of sp³-hybridized carbons (Fsp3) is 0.615. The Labute approximate surface area is 123 Å². The molecule has 0 radical (unpaired) electrons. The van der Waals surface area contributed by atoms with E-state index in [1.165, 1.54) is 0 Å². The Morgan fingerprint density at radius 1 is 1.53 bits per heavy atom. The maximum atomic E-state index is 8.93. The maximum absolute atomic E-state index is 8.93.